The molecule has 0 radical (unpaired) electrons. The van der Waals surface area contributed by atoms with Gasteiger partial charge < -0.3 is 4.74 Å². The highest BCUT2D eigenvalue weighted by molar-refractivity contribution is 9.12. The molecule has 2 aromatic rings. The number of allylic oxidation sites excluding steroid dienone is 1. The maximum atomic E-state index is 13.1. The minimum Gasteiger partial charge on any atom is -0.497 e. The SMILES string of the molecule is CCCCN(/C=C(\Br)C(=O)c1ccc(OC)cc1)S(=O)(=O)c1ccc(C)cc1. The predicted octanol–water partition coefficient (Wildman–Crippen LogP) is 4.91. The Morgan fingerprint density at radius 1 is 1.11 bits per heavy atom. The van der Waals surface area contributed by atoms with Crippen molar-refractivity contribution in [1.82, 2.24) is 4.31 Å². The summed E-state index contributed by atoms with van der Waals surface area (Å²) in [5.74, 6) is 0.339. The van der Waals surface area contributed by atoms with E-state index in [0.717, 1.165) is 12.0 Å². The summed E-state index contributed by atoms with van der Waals surface area (Å²) in [6.45, 7) is 4.17. The van der Waals surface area contributed by atoms with Crippen LogP contribution in [-0.2, 0) is 10.0 Å². The van der Waals surface area contributed by atoms with Crippen molar-refractivity contribution in [3.8, 4) is 5.75 Å². The summed E-state index contributed by atoms with van der Waals surface area (Å²) in [4.78, 5) is 12.9. The number of hydrogen-bond acceptors (Lipinski definition) is 4. The monoisotopic (exact) mass is 465 g/mol. The van der Waals surface area contributed by atoms with Crippen LogP contribution in [0.4, 0.5) is 0 Å². The summed E-state index contributed by atoms with van der Waals surface area (Å²) in [5.41, 5.74) is 1.41. The van der Waals surface area contributed by atoms with Crippen LogP contribution < -0.4 is 4.74 Å². The Balaban J connectivity index is 2.35. The summed E-state index contributed by atoms with van der Waals surface area (Å²) in [6, 6.07) is 13.3. The molecule has 0 aromatic heterocycles. The molecule has 0 atom stereocenters. The molecule has 0 heterocycles. The number of nitrogens with zero attached hydrogens (tertiary/aromatic N) is 1. The fourth-order valence-corrected chi connectivity index (χ4v) is 4.46. The van der Waals surface area contributed by atoms with Crippen molar-refractivity contribution in [2.24, 2.45) is 0 Å². The number of ketones is 1. The first-order chi connectivity index (χ1) is 13.3. The van der Waals surface area contributed by atoms with Gasteiger partial charge in [0.05, 0.1) is 16.5 Å². The van der Waals surface area contributed by atoms with E-state index in [1.807, 2.05) is 13.8 Å². The first-order valence-electron chi connectivity index (χ1n) is 8.94. The van der Waals surface area contributed by atoms with Gasteiger partial charge in [0.1, 0.15) is 5.75 Å². The van der Waals surface area contributed by atoms with E-state index >= 15 is 0 Å². The van der Waals surface area contributed by atoms with E-state index in [1.165, 1.54) is 10.5 Å². The van der Waals surface area contributed by atoms with Gasteiger partial charge in [-0.25, -0.2) is 8.42 Å². The number of aryl methyl sites for hydroxylation is 1. The quantitative estimate of drug-likeness (QED) is 0.389. The van der Waals surface area contributed by atoms with Crippen molar-refractivity contribution in [2.75, 3.05) is 13.7 Å². The van der Waals surface area contributed by atoms with E-state index in [-0.39, 0.29) is 21.7 Å². The molecule has 7 heteroatoms. The Kier molecular flexibility index (Phi) is 7.83. The standard InChI is InChI=1S/C21H24BrNO4S/c1-4-5-14-23(28(25,26)19-12-6-16(2)7-13-19)15-20(22)21(24)17-8-10-18(27-3)11-9-17/h6-13,15H,4-5,14H2,1-3H3/b20-15-. The van der Waals surface area contributed by atoms with Gasteiger partial charge in [-0.05, 0) is 65.7 Å². The Hall–Kier alpha value is -2.12. The lowest BCUT2D eigenvalue weighted by atomic mass is 10.1. The molecule has 0 bridgehead atoms. The molecule has 0 aliphatic rings. The molecule has 0 saturated carbocycles. The normalized spacial score (nSPS) is 11.9. The molecule has 5 nitrogen and oxygen atoms in total. The van der Waals surface area contributed by atoms with E-state index in [9.17, 15) is 13.2 Å². The number of hydrogen-bond donors (Lipinski definition) is 0. The largest absolute Gasteiger partial charge is 0.497 e. The van der Waals surface area contributed by atoms with Crippen molar-refractivity contribution in [3.05, 3.63) is 70.3 Å². The van der Waals surface area contributed by atoms with Gasteiger partial charge >= 0.3 is 0 Å². The number of carbonyl (C=O) groups excluding carboxylic acids is 1. The van der Waals surface area contributed by atoms with E-state index in [1.54, 1.807) is 55.6 Å². The second kappa shape index (κ2) is 9.89. The van der Waals surface area contributed by atoms with Crippen LogP contribution in [0.25, 0.3) is 0 Å². The topological polar surface area (TPSA) is 63.7 Å². The molecule has 0 saturated heterocycles. The van der Waals surface area contributed by atoms with E-state index in [2.05, 4.69) is 15.9 Å². The molecule has 0 unspecified atom stereocenters. The highest BCUT2D eigenvalue weighted by Gasteiger charge is 2.23. The first-order valence-corrected chi connectivity index (χ1v) is 11.2. The van der Waals surface area contributed by atoms with E-state index < -0.39 is 10.0 Å². The smallest absolute Gasteiger partial charge is 0.263 e. The first kappa shape index (κ1) is 22.2. The summed E-state index contributed by atoms with van der Waals surface area (Å²) >= 11 is 3.26. The number of sulfonamides is 1. The summed E-state index contributed by atoms with van der Waals surface area (Å²) < 4.78 is 32.6. The highest BCUT2D eigenvalue weighted by Crippen LogP contribution is 2.22. The van der Waals surface area contributed by atoms with E-state index in [4.69, 9.17) is 4.74 Å². The second-order valence-electron chi connectivity index (χ2n) is 6.32. The fraction of sp³-hybridized carbons (Fsp3) is 0.286. The van der Waals surface area contributed by atoms with Crippen molar-refractivity contribution in [1.29, 1.82) is 0 Å². The van der Waals surface area contributed by atoms with Gasteiger partial charge in [0.25, 0.3) is 10.0 Å². The number of rotatable bonds is 9. The van der Waals surface area contributed by atoms with Crippen molar-refractivity contribution in [2.45, 2.75) is 31.6 Å². The number of unbranched alkanes of at least 4 members (excludes halogenated alkanes) is 1. The van der Waals surface area contributed by atoms with Crippen LogP contribution >= 0.6 is 15.9 Å². The van der Waals surface area contributed by atoms with Crippen LogP contribution in [0.3, 0.4) is 0 Å². The predicted molar refractivity (Wildman–Crippen MR) is 114 cm³/mol. The molecule has 0 spiro atoms. The van der Waals surface area contributed by atoms with Gasteiger partial charge in [0, 0.05) is 18.3 Å². The molecular weight excluding hydrogens is 442 g/mol. The average Bonchev–Trinajstić information content (AvgIpc) is 2.70. The molecule has 150 valence electrons. The van der Waals surface area contributed by atoms with Crippen molar-refractivity contribution >= 4 is 31.7 Å². The Labute approximate surface area is 175 Å². The summed E-state index contributed by atoms with van der Waals surface area (Å²) in [7, 11) is -2.21. The zero-order chi connectivity index (χ0) is 20.7. The molecular formula is C21H24BrNO4S. The van der Waals surface area contributed by atoms with Gasteiger partial charge in [-0.2, -0.15) is 0 Å². The van der Waals surface area contributed by atoms with Gasteiger partial charge in [-0.3, -0.25) is 9.10 Å². The van der Waals surface area contributed by atoms with Crippen LogP contribution in [0, 0.1) is 6.92 Å². The molecule has 0 fully saturated rings. The third kappa shape index (κ3) is 5.45. The molecule has 2 aromatic carbocycles. The van der Waals surface area contributed by atoms with Gasteiger partial charge in [-0.1, -0.05) is 31.0 Å². The Morgan fingerprint density at radius 2 is 1.71 bits per heavy atom. The average molecular weight is 466 g/mol. The summed E-state index contributed by atoms with van der Waals surface area (Å²) in [5, 5.41) is 0. The van der Waals surface area contributed by atoms with Crippen LogP contribution in [0.15, 0.2) is 64.1 Å². The van der Waals surface area contributed by atoms with E-state index in [0.29, 0.717) is 17.7 Å². The lowest BCUT2D eigenvalue weighted by molar-refractivity contribution is 0.104. The van der Waals surface area contributed by atoms with Gasteiger partial charge in [0.15, 0.2) is 0 Å². The summed E-state index contributed by atoms with van der Waals surface area (Å²) in [6.07, 6.45) is 2.87. The number of ether oxygens (including phenoxy) is 1. The van der Waals surface area contributed by atoms with Gasteiger partial charge in [0.2, 0.25) is 5.78 Å². The molecule has 2 rings (SSSR count). The fourth-order valence-electron chi connectivity index (χ4n) is 2.48. The zero-order valence-corrected chi connectivity index (χ0v) is 18.6. The Bertz CT molecular complexity index is 935. The maximum absolute atomic E-state index is 13.1. The number of carbonyl (C=O) groups is 1. The van der Waals surface area contributed by atoms with Crippen LogP contribution in [-0.4, -0.2) is 32.2 Å². The molecule has 0 aliphatic carbocycles. The van der Waals surface area contributed by atoms with Crippen LogP contribution in [0.2, 0.25) is 0 Å². The van der Waals surface area contributed by atoms with Gasteiger partial charge in [-0.15, -0.1) is 0 Å². The minimum atomic E-state index is -3.76. The molecule has 28 heavy (non-hydrogen) atoms. The zero-order valence-electron chi connectivity index (χ0n) is 16.2. The molecule has 0 N–H and O–H groups in total. The third-order valence-corrected chi connectivity index (χ3v) is 6.52. The highest BCUT2D eigenvalue weighted by atomic mass is 79.9. The second-order valence-corrected chi connectivity index (χ2v) is 9.06. The third-order valence-electron chi connectivity index (χ3n) is 4.19. The lowest BCUT2D eigenvalue weighted by Crippen LogP contribution is -2.28. The van der Waals surface area contributed by atoms with Crippen LogP contribution in [0.5, 0.6) is 5.75 Å². The molecule has 0 aliphatic heterocycles. The Morgan fingerprint density at radius 3 is 2.25 bits per heavy atom. The number of halogens is 1. The number of methoxy groups -OCH3 is 1. The minimum absolute atomic E-state index is 0.171. The van der Waals surface area contributed by atoms with Crippen molar-refractivity contribution in [3.63, 3.8) is 0 Å². The lowest BCUT2D eigenvalue weighted by Gasteiger charge is -2.21. The maximum Gasteiger partial charge on any atom is 0.263 e. The van der Waals surface area contributed by atoms with Crippen LogP contribution in [0.1, 0.15) is 35.7 Å². The number of Topliss-reactive ketones (excluding diaryl/α,β-unsaturated/α-hetero) is 1. The number of benzene rings is 2. The molecule has 0 amide bonds. The van der Waals surface area contributed by atoms with Crippen molar-refractivity contribution < 1.29 is 17.9 Å².